The number of carbonyl (C=O) groups is 2. The minimum atomic E-state index is -1.97. The van der Waals surface area contributed by atoms with Gasteiger partial charge in [-0.1, -0.05) is 78.9 Å². The third kappa shape index (κ3) is 4.26. The molecule has 0 spiro atoms. The molecular weight excluding hydrogens is 376 g/mol. The van der Waals surface area contributed by atoms with E-state index in [0.717, 1.165) is 0 Å². The van der Waals surface area contributed by atoms with Gasteiger partial charge in [0.15, 0.2) is 5.60 Å². The van der Waals surface area contributed by atoms with E-state index in [1.54, 1.807) is 72.8 Å². The Kier molecular flexibility index (Phi) is 6.04. The fourth-order valence-electron chi connectivity index (χ4n) is 3.20. The van der Waals surface area contributed by atoms with Crippen LogP contribution >= 0.6 is 0 Å². The number of benzene rings is 3. The molecule has 2 N–H and O–H groups in total. The van der Waals surface area contributed by atoms with Crippen LogP contribution < -0.4 is 5.43 Å². The molecule has 0 aliphatic heterocycles. The molecule has 154 valence electrons. The average molecular weight is 402 g/mol. The Bertz CT molecular complexity index is 957. The first-order valence-electron chi connectivity index (χ1n) is 9.78. The molecule has 3 aromatic rings. The van der Waals surface area contributed by atoms with Gasteiger partial charge in [0.1, 0.15) is 0 Å². The highest BCUT2D eigenvalue weighted by Gasteiger charge is 2.42. The molecule has 2 amide bonds. The Labute approximate surface area is 176 Å². The van der Waals surface area contributed by atoms with E-state index in [1.807, 2.05) is 39.0 Å². The second-order valence-electron chi connectivity index (χ2n) is 8.06. The van der Waals surface area contributed by atoms with E-state index >= 15 is 0 Å². The summed E-state index contributed by atoms with van der Waals surface area (Å²) in [6.07, 6.45) is 0. The lowest BCUT2D eigenvalue weighted by Gasteiger charge is -2.38. The number of carbonyl (C=O) groups excluding carboxylic acids is 2. The SMILES string of the molecule is CC(C)(C)N(NC(=O)C(O)(c1ccccc1)c1ccccc1)C(=O)c1ccccc1. The van der Waals surface area contributed by atoms with Crippen LogP contribution in [0.5, 0.6) is 0 Å². The molecule has 0 atom stereocenters. The third-order valence-electron chi connectivity index (χ3n) is 4.82. The Hall–Kier alpha value is -3.44. The van der Waals surface area contributed by atoms with Crippen LogP contribution in [0, 0.1) is 0 Å². The summed E-state index contributed by atoms with van der Waals surface area (Å²) in [7, 11) is 0. The Morgan fingerprint density at radius 1 is 0.733 bits per heavy atom. The van der Waals surface area contributed by atoms with Crippen molar-refractivity contribution in [3.8, 4) is 0 Å². The van der Waals surface area contributed by atoms with E-state index in [4.69, 9.17) is 0 Å². The number of amides is 2. The summed E-state index contributed by atoms with van der Waals surface area (Å²) in [4.78, 5) is 26.7. The topological polar surface area (TPSA) is 69.6 Å². The van der Waals surface area contributed by atoms with Crippen LogP contribution in [-0.2, 0) is 10.4 Å². The van der Waals surface area contributed by atoms with Gasteiger partial charge in [-0.05, 0) is 44.0 Å². The van der Waals surface area contributed by atoms with Crippen LogP contribution in [-0.4, -0.2) is 27.5 Å². The van der Waals surface area contributed by atoms with E-state index in [2.05, 4.69) is 5.43 Å². The molecule has 0 aliphatic rings. The van der Waals surface area contributed by atoms with Gasteiger partial charge in [0, 0.05) is 5.56 Å². The molecule has 3 rings (SSSR count). The summed E-state index contributed by atoms with van der Waals surface area (Å²) in [5, 5.41) is 12.9. The van der Waals surface area contributed by atoms with Gasteiger partial charge in [-0.25, -0.2) is 5.01 Å². The van der Waals surface area contributed by atoms with Crippen molar-refractivity contribution in [2.45, 2.75) is 31.9 Å². The van der Waals surface area contributed by atoms with Crippen molar-refractivity contribution in [1.29, 1.82) is 0 Å². The van der Waals surface area contributed by atoms with Crippen molar-refractivity contribution in [3.05, 3.63) is 108 Å². The van der Waals surface area contributed by atoms with Crippen LogP contribution in [0.4, 0.5) is 0 Å². The molecule has 0 aliphatic carbocycles. The predicted octanol–water partition coefficient (Wildman–Crippen LogP) is 3.89. The summed E-state index contributed by atoms with van der Waals surface area (Å²) in [5.41, 5.74) is 1.26. The van der Waals surface area contributed by atoms with Crippen LogP contribution in [0.3, 0.4) is 0 Å². The largest absolute Gasteiger partial charge is 0.372 e. The number of aliphatic hydroxyl groups is 1. The normalized spacial score (nSPS) is 11.6. The van der Waals surface area contributed by atoms with Gasteiger partial charge in [-0.15, -0.1) is 0 Å². The Morgan fingerprint density at radius 3 is 1.53 bits per heavy atom. The summed E-state index contributed by atoms with van der Waals surface area (Å²) in [6, 6.07) is 26.1. The van der Waals surface area contributed by atoms with Crippen LogP contribution in [0.1, 0.15) is 42.3 Å². The van der Waals surface area contributed by atoms with Crippen molar-refractivity contribution in [3.63, 3.8) is 0 Å². The highest BCUT2D eigenvalue weighted by atomic mass is 16.3. The number of hydrazine groups is 1. The molecule has 0 radical (unpaired) electrons. The van der Waals surface area contributed by atoms with Gasteiger partial charge in [0.25, 0.3) is 11.8 Å². The summed E-state index contributed by atoms with van der Waals surface area (Å²) in [6.45, 7) is 5.45. The minimum absolute atomic E-state index is 0.361. The van der Waals surface area contributed by atoms with Crippen molar-refractivity contribution in [2.24, 2.45) is 0 Å². The monoisotopic (exact) mass is 402 g/mol. The lowest BCUT2D eigenvalue weighted by molar-refractivity contribution is -0.142. The standard InChI is InChI=1S/C25H26N2O3/c1-24(2,3)27(22(28)19-13-7-4-8-14-19)26-23(29)25(30,20-15-9-5-10-16-20)21-17-11-6-12-18-21/h4-18,30H,1-3H3,(H,26,29). The molecule has 0 saturated heterocycles. The van der Waals surface area contributed by atoms with E-state index in [-0.39, 0.29) is 5.91 Å². The second kappa shape index (κ2) is 8.51. The lowest BCUT2D eigenvalue weighted by atomic mass is 9.85. The molecule has 5 nitrogen and oxygen atoms in total. The van der Waals surface area contributed by atoms with Gasteiger partial charge in [-0.3, -0.25) is 15.0 Å². The fraction of sp³-hybridized carbons (Fsp3) is 0.200. The summed E-state index contributed by atoms with van der Waals surface area (Å²) >= 11 is 0. The van der Waals surface area contributed by atoms with Crippen molar-refractivity contribution in [1.82, 2.24) is 10.4 Å². The predicted molar refractivity (Wildman–Crippen MR) is 116 cm³/mol. The number of hydrogen-bond donors (Lipinski definition) is 2. The maximum absolute atomic E-state index is 13.5. The molecule has 3 aromatic carbocycles. The van der Waals surface area contributed by atoms with E-state index in [9.17, 15) is 14.7 Å². The van der Waals surface area contributed by atoms with Gasteiger partial charge < -0.3 is 5.11 Å². The number of hydrogen-bond acceptors (Lipinski definition) is 3. The fourth-order valence-corrected chi connectivity index (χ4v) is 3.20. The molecule has 5 heteroatoms. The van der Waals surface area contributed by atoms with Crippen molar-refractivity contribution >= 4 is 11.8 Å². The quantitative estimate of drug-likeness (QED) is 0.651. The van der Waals surface area contributed by atoms with Gasteiger partial charge in [0.2, 0.25) is 0 Å². The van der Waals surface area contributed by atoms with Gasteiger partial charge in [-0.2, -0.15) is 0 Å². The summed E-state index contributed by atoms with van der Waals surface area (Å²) < 4.78 is 0. The molecular formula is C25H26N2O3. The first kappa shape index (κ1) is 21.3. The number of nitrogens with zero attached hydrogens (tertiary/aromatic N) is 1. The summed E-state index contributed by atoms with van der Waals surface area (Å²) in [5.74, 6) is -1.07. The van der Waals surface area contributed by atoms with Crippen LogP contribution in [0.2, 0.25) is 0 Å². The lowest BCUT2D eigenvalue weighted by Crippen LogP contribution is -2.60. The maximum Gasteiger partial charge on any atom is 0.279 e. The molecule has 0 fully saturated rings. The molecule has 30 heavy (non-hydrogen) atoms. The molecule has 0 unspecified atom stereocenters. The Balaban J connectivity index is 2.03. The van der Waals surface area contributed by atoms with E-state index < -0.39 is 17.0 Å². The van der Waals surface area contributed by atoms with Crippen LogP contribution in [0.15, 0.2) is 91.0 Å². The zero-order valence-electron chi connectivity index (χ0n) is 17.4. The smallest absolute Gasteiger partial charge is 0.279 e. The minimum Gasteiger partial charge on any atom is -0.372 e. The average Bonchev–Trinajstić information content (AvgIpc) is 2.77. The molecule has 0 saturated carbocycles. The van der Waals surface area contributed by atoms with Gasteiger partial charge >= 0.3 is 0 Å². The molecule has 0 bridgehead atoms. The zero-order valence-corrected chi connectivity index (χ0v) is 17.4. The molecule has 0 aromatic heterocycles. The molecule has 0 heterocycles. The second-order valence-corrected chi connectivity index (χ2v) is 8.06. The van der Waals surface area contributed by atoms with Crippen LogP contribution in [0.25, 0.3) is 0 Å². The maximum atomic E-state index is 13.5. The highest BCUT2D eigenvalue weighted by molar-refractivity contribution is 5.97. The van der Waals surface area contributed by atoms with E-state index in [1.165, 1.54) is 5.01 Å². The van der Waals surface area contributed by atoms with Crippen molar-refractivity contribution < 1.29 is 14.7 Å². The highest BCUT2D eigenvalue weighted by Crippen LogP contribution is 2.30. The zero-order chi connectivity index (χ0) is 21.8. The number of nitrogens with one attached hydrogen (secondary N) is 1. The third-order valence-corrected chi connectivity index (χ3v) is 4.82. The van der Waals surface area contributed by atoms with Gasteiger partial charge in [0.05, 0.1) is 5.54 Å². The van der Waals surface area contributed by atoms with E-state index in [0.29, 0.717) is 16.7 Å². The first-order chi connectivity index (χ1) is 14.2. The van der Waals surface area contributed by atoms with Crippen molar-refractivity contribution in [2.75, 3.05) is 0 Å². The number of rotatable bonds is 4. The Morgan fingerprint density at radius 2 is 1.13 bits per heavy atom. The first-order valence-corrected chi connectivity index (χ1v) is 9.78.